The van der Waals surface area contributed by atoms with Crippen molar-refractivity contribution in [2.75, 3.05) is 11.1 Å². The van der Waals surface area contributed by atoms with Crippen LogP contribution >= 0.6 is 11.3 Å². The van der Waals surface area contributed by atoms with Crippen LogP contribution in [0.3, 0.4) is 0 Å². The van der Waals surface area contributed by atoms with Gasteiger partial charge < -0.3 is 15.8 Å². The Kier molecular flexibility index (Phi) is 4.21. The number of aromatic nitrogens is 2. The average Bonchev–Trinajstić information content (AvgIpc) is 2.76. The first-order chi connectivity index (χ1) is 9.06. The number of rotatable bonds is 5. The van der Waals surface area contributed by atoms with E-state index in [4.69, 9.17) is 10.5 Å². The van der Waals surface area contributed by atoms with Crippen molar-refractivity contribution in [2.24, 2.45) is 0 Å². The number of anilines is 2. The second-order valence-corrected chi connectivity index (χ2v) is 5.85. The van der Waals surface area contributed by atoms with Crippen molar-refractivity contribution < 1.29 is 4.74 Å². The van der Waals surface area contributed by atoms with E-state index in [9.17, 15) is 0 Å². The molecule has 102 valence electrons. The Morgan fingerprint density at radius 1 is 1.37 bits per heavy atom. The largest absolute Gasteiger partial charge is 0.473 e. The molecule has 6 heteroatoms. The molecule has 19 heavy (non-hydrogen) atoms. The Morgan fingerprint density at radius 3 is 2.79 bits per heavy atom. The van der Waals surface area contributed by atoms with E-state index in [0.29, 0.717) is 23.9 Å². The minimum absolute atomic E-state index is 0.0324. The molecule has 0 aliphatic heterocycles. The zero-order valence-corrected chi connectivity index (χ0v) is 12.1. The van der Waals surface area contributed by atoms with E-state index in [1.165, 1.54) is 16.1 Å². The fraction of sp³-hybridized carbons (Fsp3) is 0.385. The van der Waals surface area contributed by atoms with Crippen LogP contribution in [0.4, 0.5) is 11.5 Å². The summed E-state index contributed by atoms with van der Waals surface area (Å²) < 4.78 is 5.53. The molecule has 2 aromatic heterocycles. The summed E-state index contributed by atoms with van der Waals surface area (Å²) in [4.78, 5) is 10.7. The van der Waals surface area contributed by atoms with Gasteiger partial charge >= 0.3 is 0 Å². The highest BCUT2D eigenvalue weighted by atomic mass is 32.1. The van der Waals surface area contributed by atoms with Crippen LogP contribution in [0.1, 0.15) is 23.6 Å². The summed E-state index contributed by atoms with van der Waals surface area (Å²) in [6.45, 7) is 6.65. The molecule has 3 N–H and O–H groups in total. The number of nitrogens with zero attached hydrogens (tertiary/aromatic N) is 2. The first-order valence-electron chi connectivity index (χ1n) is 6.12. The molecule has 0 unspecified atom stereocenters. The highest BCUT2D eigenvalue weighted by Gasteiger charge is 2.10. The maximum atomic E-state index is 5.99. The van der Waals surface area contributed by atoms with Crippen LogP contribution in [0.5, 0.6) is 5.88 Å². The lowest BCUT2D eigenvalue weighted by atomic mass is 10.4. The Labute approximate surface area is 116 Å². The highest BCUT2D eigenvalue weighted by molar-refractivity contribution is 7.11. The van der Waals surface area contributed by atoms with Gasteiger partial charge in [0.25, 0.3) is 0 Å². The van der Waals surface area contributed by atoms with Crippen molar-refractivity contribution in [2.45, 2.75) is 33.4 Å². The van der Waals surface area contributed by atoms with Gasteiger partial charge in [0.05, 0.1) is 12.6 Å². The molecule has 0 saturated carbocycles. The van der Waals surface area contributed by atoms with Crippen LogP contribution in [0, 0.1) is 6.92 Å². The molecule has 0 bridgehead atoms. The highest BCUT2D eigenvalue weighted by Crippen LogP contribution is 2.26. The molecule has 2 aromatic rings. The third kappa shape index (κ3) is 3.57. The molecule has 0 aliphatic carbocycles. The van der Waals surface area contributed by atoms with Gasteiger partial charge in [0.15, 0.2) is 5.82 Å². The molecule has 0 atom stereocenters. The van der Waals surface area contributed by atoms with Gasteiger partial charge in [-0.1, -0.05) is 0 Å². The quantitative estimate of drug-likeness (QED) is 0.879. The lowest BCUT2D eigenvalue weighted by molar-refractivity contribution is 0.234. The summed E-state index contributed by atoms with van der Waals surface area (Å²) in [5.74, 6) is 1.03. The molecule has 2 rings (SSSR count). The van der Waals surface area contributed by atoms with Gasteiger partial charge in [-0.25, -0.2) is 4.98 Å². The number of nitrogens with one attached hydrogen (secondary N) is 1. The lowest BCUT2D eigenvalue weighted by Gasteiger charge is -2.13. The number of hydrogen-bond acceptors (Lipinski definition) is 6. The van der Waals surface area contributed by atoms with Gasteiger partial charge in [0.1, 0.15) is 12.0 Å². The molecule has 2 heterocycles. The van der Waals surface area contributed by atoms with Crippen molar-refractivity contribution in [3.8, 4) is 5.88 Å². The van der Waals surface area contributed by atoms with Gasteiger partial charge in [-0.2, -0.15) is 4.98 Å². The second kappa shape index (κ2) is 5.88. The van der Waals surface area contributed by atoms with Crippen molar-refractivity contribution in [3.05, 3.63) is 28.2 Å². The van der Waals surface area contributed by atoms with Crippen molar-refractivity contribution in [3.63, 3.8) is 0 Å². The van der Waals surface area contributed by atoms with Crippen LogP contribution in [-0.2, 0) is 6.54 Å². The Balaban J connectivity index is 2.08. The smallest absolute Gasteiger partial charge is 0.242 e. The molecule has 0 aliphatic rings. The average molecular weight is 278 g/mol. The minimum atomic E-state index is 0.0324. The standard InChI is InChI=1S/C13H18N4OS/c1-8(2)18-13-11(14)12(16-7-17-13)15-6-10-5-4-9(3)19-10/h4-5,7-8H,6,14H2,1-3H3,(H,15,16,17). The second-order valence-electron chi connectivity index (χ2n) is 4.47. The number of nitrogen functional groups attached to an aromatic ring is 1. The van der Waals surface area contributed by atoms with Crippen LogP contribution in [-0.4, -0.2) is 16.1 Å². The zero-order valence-electron chi connectivity index (χ0n) is 11.3. The van der Waals surface area contributed by atoms with Crippen molar-refractivity contribution >= 4 is 22.8 Å². The number of thiophene rings is 1. The summed E-state index contributed by atoms with van der Waals surface area (Å²) >= 11 is 1.75. The number of ether oxygens (including phenoxy) is 1. The van der Waals surface area contributed by atoms with Crippen LogP contribution in [0.15, 0.2) is 18.5 Å². The minimum Gasteiger partial charge on any atom is -0.473 e. The molecular weight excluding hydrogens is 260 g/mol. The van der Waals surface area contributed by atoms with E-state index in [-0.39, 0.29) is 6.10 Å². The number of nitrogens with two attached hydrogens (primary N) is 1. The van der Waals surface area contributed by atoms with Gasteiger partial charge in [0.2, 0.25) is 5.88 Å². The molecule has 0 fully saturated rings. The first kappa shape index (κ1) is 13.6. The van der Waals surface area contributed by atoms with Gasteiger partial charge in [-0.15, -0.1) is 11.3 Å². The van der Waals surface area contributed by atoms with Gasteiger partial charge in [0, 0.05) is 9.75 Å². The molecule has 0 saturated heterocycles. The van der Waals surface area contributed by atoms with E-state index in [1.54, 1.807) is 11.3 Å². The van der Waals surface area contributed by atoms with Crippen molar-refractivity contribution in [1.82, 2.24) is 9.97 Å². The summed E-state index contributed by atoms with van der Waals surface area (Å²) in [6.07, 6.45) is 1.49. The van der Waals surface area contributed by atoms with Gasteiger partial charge in [-0.3, -0.25) is 0 Å². The maximum Gasteiger partial charge on any atom is 0.242 e. The Morgan fingerprint density at radius 2 is 2.16 bits per heavy atom. The molecule has 0 radical (unpaired) electrons. The first-order valence-corrected chi connectivity index (χ1v) is 6.94. The van der Waals surface area contributed by atoms with E-state index in [1.807, 2.05) is 13.8 Å². The zero-order chi connectivity index (χ0) is 13.8. The summed E-state index contributed by atoms with van der Waals surface area (Å²) in [5.41, 5.74) is 6.44. The van der Waals surface area contributed by atoms with E-state index in [0.717, 1.165) is 0 Å². The predicted octanol–water partition coefficient (Wildman–Crippen LogP) is 2.83. The molecule has 0 amide bonds. The molecular formula is C13H18N4OS. The monoisotopic (exact) mass is 278 g/mol. The SMILES string of the molecule is Cc1ccc(CNc2ncnc(OC(C)C)c2N)s1. The summed E-state index contributed by atoms with van der Waals surface area (Å²) in [5, 5.41) is 3.21. The third-order valence-corrected chi connectivity index (χ3v) is 3.42. The third-order valence-electron chi connectivity index (χ3n) is 2.42. The fourth-order valence-corrected chi connectivity index (χ4v) is 2.42. The Hall–Kier alpha value is -1.82. The van der Waals surface area contributed by atoms with E-state index in [2.05, 4.69) is 34.3 Å². The normalized spacial score (nSPS) is 10.7. The van der Waals surface area contributed by atoms with Gasteiger partial charge in [-0.05, 0) is 32.9 Å². The number of aryl methyl sites for hydroxylation is 1. The fourth-order valence-electron chi connectivity index (χ4n) is 1.59. The maximum absolute atomic E-state index is 5.99. The van der Waals surface area contributed by atoms with E-state index < -0.39 is 0 Å². The molecule has 0 spiro atoms. The number of hydrogen-bond donors (Lipinski definition) is 2. The van der Waals surface area contributed by atoms with Crippen LogP contribution < -0.4 is 15.8 Å². The van der Waals surface area contributed by atoms with Crippen LogP contribution in [0.25, 0.3) is 0 Å². The molecule has 5 nitrogen and oxygen atoms in total. The summed E-state index contributed by atoms with van der Waals surface area (Å²) in [7, 11) is 0. The predicted molar refractivity (Wildman–Crippen MR) is 78.6 cm³/mol. The topological polar surface area (TPSA) is 73.1 Å². The van der Waals surface area contributed by atoms with Crippen molar-refractivity contribution in [1.29, 1.82) is 0 Å². The lowest BCUT2D eigenvalue weighted by Crippen LogP contribution is -2.11. The van der Waals surface area contributed by atoms with Crippen LogP contribution in [0.2, 0.25) is 0 Å². The Bertz CT molecular complexity index is 553. The molecule has 0 aromatic carbocycles. The van der Waals surface area contributed by atoms with E-state index >= 15 is 0 Å². The summed E-state index contributed by atoms with van der Waals surface area (Å²) in [6, 6.07) is 4.19.